The molecule has 6 heteroatoms. The van der Waals surface area contributed by atoms with E-state index < -0.39 is 0 Å². The standard InChI is InChI=1S/C18H21N5O/c1-2-17-19-8-10-23(17)13-5-4-9-22(12-13)18(24)14-6-3-7-16-15(14)11-20-21-16/h3,6-8,10-11,13H,2,4-5,9,12H2,1H3,(H,20,21)/t13-/m0/s1. The maximum absolute atomic E-state index is 13.0. The monoisotopic (exact) mass is 323 g/mol. The second-order valence-corrected chi connectivity index (χ2v) is 6.29. The summed E-state index contributed by atoms with van der Waals surface area (Å²) >= 11 is 0. The Balaban J connectivity index is 1.60. The number of amides is 1. The van der Waals surface area contributed by atoms with Crippen molar-refractivity contribution in [2.24, 2.45) is 0 Å². The van der Waals surface area contributed by atoms with Gasteiger partial charge in [0.05, 0.1) is 23.3 Å². The topological polar surface area (TPSA) is 66.8 Å². The first-order valence-electron chi connectivity index (χ1n) is 8.51. The van der Waals surface area contributed by atoms with Crippen LogP contribution in [0.2, 0.25) is 0 Å². The highest BCUT2D eigenvalue weighted by atomic mass is 16.2. The van der Waals surface area contributed by atoms with Gasteiger partial charge in [-0.3, -0.25) is 9.89 Å². The van der Waals surface area contributed by atoms with E-state index in [1.165, 1.54) is 0 Å². The molecule has 1 N–H and O–H groups in total. The summed E-state index contributed by atoms with van der Waals surface area (Å²) in [5, 5.41) is 7.88. The first-order chi connectivity index (χ1) is 11.8. The van der Waals surface area contributed by atoms with Crippen LogP contribution in [0.1, 0.15) is 42.0 Å². The molecule has 1 atom stereocenters. The molecule has 0 unspecified atom stereocenters. The van der Waals surface area contributed by atoms with Gasteiger partial charge >= 0.3 is 0 Å². The minimum Gasteiger partial charge on any atom is -0.337 e. The Morgan fingerprint density at radius 3 is 3.21 bits per heavy atom. The number of aromatic nitrogens is 4. The molecule has 0 spiro atoms. The fraction of sp³-hybridized carbons (Fsp3) is 0.389. The van der Waals surface area contributed by atoms with E-state index in [1.807, 2.05) is 35.5 Å². The molecule has 3 heterocycles. The third-order valence-corrected chi connectivity index (χ3v) is 4.86. The molecule has 1 aliphatic rings. The predicted octanol–water partition coefficient (Wildman–Crippen LogP) is 2.80. The van der Waals surface area contributed by atoms with Gasteiger partial charge in [-0.15, -0.1) is 0 Å². The lowest BCUT2D eigenvalue weighted by molar-refractivity contribution is 0.0680. The summed E-state index contributed by atoms with van der Waals surface area (Å²) in [6.07, 6.45) is 8.63. The Labute approximate surface area is 140 Å². The number of carbonyl (C=O) groups is 1. The van der Waals surface area contributed by atoms with Crippen LogP contribution in [0.15, 0.2) is 36.8 Å². The number of hydrogen-bond acceptors (Lipinski definition) is 3. The molecule has 124 valence electrons. The van der Waals surface area contributed by atoms with Gasteiger partial charge in [0.15, 0.2) is 0 Å². The summed E-state index contributed by atoms with van der Waals surface area (Å²) in [6, 6.07) is 6.04. The van der Waals surface area contributed by atoms with Crippen molar-refractivity contribution in [3.8, 4) is 0 Å². The van der Waals surface area contributed by atoms with Gasteiger partial charge in [-0.2, -0.15) is 5.10 Å². The second kappa shape index (κ2) is 6.11. The third-order valence-electron chi connectivity index (χ3n) is 4.86. The zero-order chi connectivity index (χ0) is 16.5. The minimum absolute atomic E-state index is 0.0878. The number of nitrogens with one attached hydrogen (secondary N) is 1. The molecule has 6 nitrogen and oxygen atoms in total. The van der Waals surface area contributed by atoms with Gasteiger partial charge in [-0.1, -0.05) is 13.0 Å². The van der Waals surface area contributed by atoms with Crippen molar-refractivity contribution in [2.75, 3.05) is 13.1 Å². The molecule has 0 bridgehead atoms. The zero-order valence-electron chi connectivity index (χ0n) is 13.8. The quantitative estimate of drug-likeness (QED) is 0.806. The first kappa shape index (κ1) is 14.9. The number of piperidine rings is 1. The van der Waals surface area contributed by atoms with E-state index in [9.17, 15) is 4.79 Å². The number of aryl methyl sites for hydroxylation is 1. The van der Waals surface area contributed by atoms with Gasteiger partial charge < -0.3 is 9.47 Å². The van der Waals surface area contributed by atoms with E-state index in [2.05, 4.69) is 26.7 Å². The molecule has 0 aliphatic carbocycles. The molecule has 1 aromatic carbocycles. The summed E-state index contributed by atoms with van der Waals surface area (Å²) in [4.78, 5) is 19.4. The lowest BCUT2D eigenvalue weighted by Crippen LogP contribution is -2.41. The second-order valence-electron chi connectivity index (χ2n) is 6.29. The number of H-pyrrole nitrogens is 1. The molecule has 2 aromatic heterocycles. The van der Waals surface area contributed by atoms with Crippen molar-refractivity contribution in [3.63, 3.8) is 0 Å². The molecular weight excluding hydrogens is 302 g/mol. The Hall–Kier alpha value is -2.63. The fourth-order valence-electron chi connectivity index (χ4n) is 3.64. The number of aromatic amines is 1. The van der Waals surface area contributed by atoms with Crippen LogP contribution in [0.3, 0.4) is 0 Å². The number of likely N-dealkylation sites (tertiary alicyclic amines) is 1. The summed E-state index contributed by atoms with van der Waals surface area (Å²) in [5.41, 5.74) is 1.63. The Morgan fingerprint density at radius 1 is 1.42 bits per heavy atom. The highest BCUT2D eigenvalue weighted by Gasteiger charge is 2.27. The minimum atomic E-state index is 0.0878. The molecule has 1 fully saturated rings. The molecule has 3 aromatic rings. The van der Waals surface area contributed by atoms with Crippen molar-refractivity contribution in [1.29, 1.82) is 0 Å². The molecular formula is C18H21N5O. The third kappa shape index (κ3) is 2.48. The normalized spacial score (nSPS) is 18.2. The highest BCUT2D eigenvalue weighted by Crippen LogP contribution is 2.26. The van der Waals surface area contributed by atoms with Crippen LogP contribution in [0, 0.1) is 0 Å². The fourth-order valence-corrected chi connectivity index (χ4v) is 3.64. The van der Waals surface area contributed by atoms with Gasteiger partial charge in [0.25, 0.3) is 5.91 Å². The van der Waals surface area contributed by atoms with Crippen molar-refractivity contribution in [2.45, 2.75) is 32.2 Å². The maximum Gasteiger partial charge on any atom is 0.254 e. The van der Waals surface area contributed by atoms with Crippen LogP contribution in [-0.2, 0) is 6.42 Å². The Kier molecular flexibility index (Phi) is 3.80. The molecule has 1 amide bonds. The number of fused-ring (bicyclic) bond motifs is 1. The van der Waals surface area contributed by atoms with E-state index in [1.54, 1.807) is 6.20 Å². The first-order valence-corrected chi connectivity index (χ1v) is 8.51. The van der Waals surface area contributed by atoms with Crippen LogP contribution < -0.4 is 0 Å². The van der Waals surface area contributed by atoms with Crippen LogP contribution in [0.4, 0.5) is 0 Å². The van der Waals surface area contributed by atoms with Crippen molar-refractivity contribution >= 4 is 16.8 Å². The van der Waals surface area contributed by atoms with E-state index >= 15 is 0 Å². The van der Waals surface area contributed by atoms with Crippen LogP contribution in [-0.4, -0.2) is 43.6 Å². The number of imidazole rings is 1. The van der Waals surface area contributed by atoms with Crippen molar-refractivity contribution in [3.05, 3.63) is 48.2 Å². The largest absolute Gasteiger partial charge is 0.337 e. The summed E-state index contributed by atoms with van der Waals surface area (Å²) < 4.78 is 2.23. The van der Waals surface area contributed by atoms with Gasteiger partial charge in [-0.05, 0) is 25.0 Å². The molecule has 0 radical (unpaired) electrons. The molecule has 1 saturated heterocycles. The average molecular weight is 323 g/mol. The van der Waals surface area contributed by atoms with Gasteiger partial charge in [0.2, 0.25) is 0 Å². The molecule has 4 rings (SSSR count). The molecule has 1 aliphatic heterocycles. The number of rotatable bonds is 3. The zero-order valence-corrected chi connectivity index (χ0v) is 13.8. The SMILES string of the molecule is CCc1nccn1[C@H]1CCCN(C(=O)c2cccc3[nH]ncc23)C1. The Bertz CT molecular complexity index is 865. The number of hydrogen-bond donors (Lipinski definition) is 1. The summed E-state index contributed by atoms with van der Waals surface area (Å²) in [7, 11) is 0. The van der Waals surface area contributed by atoms with E-state index in [-0.39, 0.29) is 5.91 Å². The van der Waals surface area contributed by atoms with Crippen molar-refractivity contribution < 1.29 is 4.79 Å². The number of carbonyl (C=O) groups excluding carboxylic acids is 1. The smallest absolute Gasteiger partial charge is 0.254 e. The lowest BCUT2D eigenvalue weighted by atomic mass is 10.0. The molecule has 0 saturated carbocycles. The number of benzene rings is 1. The number of nitrogens with zero attached hydrogens (tertiary/aromatic N) is 4. The van der Waals surface area contributed by atoms with Gasteiger partial charge in [-0.25, -0.2) is 4.98 Å². The maximum atomic E-state index is 13.0. The van der Waals surface area contributed by atoms with E-state index in [4.69, 9.17) is 0 Å². The Morgan fingerprint density at radius 2 is 2.33 bits per heavy atom. The lowest BCUT2D eigenvalue weighted by Gasteiger charge is -2.34. The average Bonchev–Trinajstić information content (AvgIpc) is 3.29. The molecule has 24 heavy (non-hydrogen) atoms. The summed E-state index contributed by atoms with van der Waals surface area (Å²) in [5.74, 6) is 1.18. The van der Waals surface area contributed by atoms with Crippen LogP contribution in [0.25, 0.3) is 10.9 Å². The van der Waals surface area contributed by atoms with Crippen LogP contribution in [0.5, 0.6) is 0 Å². The van der Waals surface area contributed by atoms with E-state index in [0.29, 0.717) is 6.04 Å². The van der Waals surface area contributed by atoms with Crippen molar-refractivity contribution in [1.82, 2.24) is 24.6 Å². The van der Waals surface area contributed by atoms with Gasteiger partial charge in [0.1, 0.15) is 5.82 Å². The van der Waals surface area contributed by atoms with E-state index in [0.717, 1.165) is 54.6 Å². The van der Waals surface area contributed by atoms with Crippen LogP contribution >= 0.6 is 0 Å². The highest BCUT2D eigenvalue weighted by molar-refractivity contribution is 6.06. The van der Waals surface area contributed by atoms with Gasteiger partial charge in [0, 0.05) is 37.3 Å². The predicted molar refractivity (Wildman–Crippen MR) is 91.9 cm³/mol. The summed E-state index contributed by atoms with van der Waals surface area (Å²) in [6.45, 7) is 3.65.